The number of nitrogens with one attached hydrogen (secondary N) is 1. The molecule has 0 atom stereocenters. The van der Waals surface area contributed by atoms with Crippen molar-refractivity contribution in [1.29, 1.82) is 0 Å². The summed E-state index contributed by atoms with van der Waals surface area (Å²) >= 11 is 0. The SMILES string of the molecule is CC(=O)NCC=Cc1cccc(F)c1C=O. The maximum Gasteiger partial charge on any atom is 0.217 e. The largest absolute Gasteiger partial charge is 0.353 e. The molecule has 1 rings (SSSR count). The molecule has 0 spiro atoms. The summed E-state index contributed by atoms with van der Waals surface area (Å²) < 4.78 is 13.2. The van der Waals surface area contributed by atoms with Crippen LogP contribution in [0, 0.1) is 5.82 Å². The molecule has 1 aromatic carbocycles. The lowest BCUT2D eigenvalue weighted by Crippen LogP contribution is -2.19. The zero-order chi connectivity index (χ0) is 12.0. The molecule has 1 amide bonds. The van der Waals surface area contributed by atoms with Crippen LogP contribution in [0.5, 0.6) is 0 Å². The Morgan fingerprint density at radius 2 is 2.25 bits per heavy atom. The third-order valence-electron chi connectivity index (χ3n) is 1.97. The Kier molecular flexibility index (Phi) is 4.39. The zero-order valence-electron chi connectivity index (χ0n) is 8.87. The standard InChI is InChI=1S/C12H12FNO2/c1-9(16)14-7-3-5-10-4-2-6-12(13)11(10)8-15/h2-6,8H,7H2,1H3,(H,14,16). The Labute approximate surface area is 93.0 Å². The van der Waals surface area contributed by atoms with Crippen molar-refractivity contribution in [3.05, 3.63) is 41.2 Å². The minimum absolute atomic E-state index is 0.0292. The van der Waals surface area contributed by atoms with E-state index in [2.05, 4.69) is 5.32 Å². The maximum absolute atomic E-state index is 13.2. The van der Waals surface area contributed by atoms with E-state index in [1.165, 1.54) is 19.1 Å². The first kappa shape index (κ1) is 12.1. The molecule has 0 aliphatic heterocycles. The average Bonchev–Trinajstić information content (AvgIpc) is 2.24. The molecule has 84 valence electrons. The molecule has 0 aliphatic carbocycles. The van der Waals surface area contributed by atoms with Gasteiger partial charge in [0.1, 0.15) is 5.82 Å². The number of hydrogen-bond donors (Lipinski definition) is 1. The number of aldehydes is 1. The molecule has 0 fully saturated rings. The first-order chi connectivity index (χ1) is 7.65. The predicted octanol–water partition coefficient (Wildman–Crippen LogP) is 1.79. The molecule has 1 aromatic rings. The lowest BCUT2D eigenvalue weighted by Gasteiger charge is -2.00. The number of benzene rings is 1. The molecular weight excluding hydrogens is 209 g/mol. The van der Waals surface area contributed by atoms with Crippen molar-refractivity contribution in [2.45, 2.75) is 6.92 Å². The van der Waals surface area contributed by atoms with Gasteiger partial charge in [0.2, 0.25) is 5.91 Å². The second kappa shape index (κ2) is 5.80. The van der Waals surface area contributed by atoms with Crippen molar-refractivity contribution in [2.75, 3.05) is 6.54 Å². The van der Waals surface area contributed by atoms with Gasteiger partial charge in [0.25, 0.3) is 0 Å². The molecule has 0 heterocycles. The van der Waals surface area contributed by atoms with E-state index in [0.29, 0.717) is 18.4 Å². The highest BCUT2D eigenvalue weighted by Crippen LogP contribution is 2.12. The fourth-order valence-electron chi connectivity index (χ4n) is 1.21. The monoisotopic (exact) mass is 221 g/mol. The lowest BCUT2D eigenvalue weighted by atomic mass is 10.1. The van der Waals surface area contributed by atoms with Crippen molar-refractivity contribution in [3.8, 4) is 0 Å². The topological polar surface area (TPSA) is 46.2 Å². The molecular formula is C12H12FNO2. The van der Waals surface area contributed by atoms with Crippen LogP contribution < -0.4 is 5.32 Å². The molecule has 3 nitrogen and oxygen atoms in total. The number of amides is 1. The summed E-state index contributed by atoms with van der Waals surface area (Å²) in [6.45, 7) is 1.76. The van der Waals surface area contributed by atoms with Crippen LogP contribution in [0.2, 0.25) is 0 Å². The number of carbonyl (C=O) groups is 2. The Morgan fingerprint density at radius 1 is 1.50 bits per heavy atom. The van der Waals surface area contributed by atoms with E-state index < -0.39 is 5.82 Å². The summed E-state index contributed by atoms with van der Waals surface area (Å²) in [5.74, 6) is -0.684. The third kappa shape index (κ3) is 3.31. The number of rotatable bonds is 4. The van der Waals surface area contributed by atoms with E-state index in [1.54, 1.807) is 18.2 Å². The molecule has 1 N–H and O–H groups in total. The number of hydrogen-bond acceptors (Lipinski definition) is 2. The summed E-state index contributed by atoms with van der Waals surface area (Å²) in [5.41, 5.74) is 0.530. The van der Waals surface area contributed by atoms with Crippen LogP contribution in [0.4, 0.5) is 4.39 Å². The summed E-state index contributed by atoms with van der Waals surface area (Å²) in [7, 11) is 0. The highest BCUT2D eigenvalue weighted by atomic mass is 19.1. The Bertz CT molecular complexity index is 427. The third-order valence-corrected chi connectivity index (χ3v) is 1.97. The van der Waals surface area contributed by atoms with E-state index in [4.69, 9.17) is 0 Å². The van der Waals surface area contributed by atoms with Gasteiger partial charge in [-0.1, -0.05) is 24.3 Å². The van der Waals surface area contributed by atoms with Gasteiger partial charge in [-0.3, -0.25) is 9.59 Å². The van der Waals surface area contributed by atoms with Gasteiger partial charge >= 0.3 is 0 Å². The van der Waals surface area contributed by atoms with Crippen LogP contribution in [0.1, 0.15) is 22.8 Å². The fraction of sp³-hybridized carbons (Fsp3) is 0.167. The first-order valence-electron chi connectivity index (χ1n) is 4.80. The van der Waals surface area contributed by atoms with Gasteiger partial charge in [-0.25, -0.2) is 4.39 Å². The smallest absolute Gasteiger partial charge is 0.217 e. The first-order valence-corrected chi connectivity index (χ1v) is 4.80. The number of halogens is 1. The van der Waals surface area contributed by atoms with Crippen molar-refractivity contribution in [1.82, 2.24) is 5.32 Å². The second-order valence-corrected chi connectivity index (χ2v) is 3.20. The summed E-state index contributed by atoms with van der Waals surface area (Å²) in [6, 6.07) is 4.40. The minimum Gasteiger partial charge on any atom is -0.353 e. The number of carbonyl (C=O) groups excluding carboxylic acids is 2. The highest BCUT2D eigenvalue weighted by molar-refractivity contribution is 5.82. The van der Waals surface area contributed by atoms with E-state index in [0.717, 1.165) is 0 Å². The van der Waals surface area contributed by atoms with Crippen LogP contribution in [0.3, 0.4) is 0 Å². The van der Waals surface area contributed by atoms with Gasteiger partial charge in [0, 0.05) is 13.5 Å². The Balaban J connectivity index is 2.76. The predicted molar refractivity (Wildman–Crippen MR) is 59.5 cm³/mol. The molecule has 4 heteroatoms. The van der Waals surface area contributed by atoms with Crippen LogP contribution in [-0.4, -0.2) is 18.7 Å². The quantitative estimate of drug-likeness (QED) is 0.788. The fourth-order valence-corrected chi connectivity index (χ4v) is 1.21. The van der Waals surface area contributed by atoms with Crippen molar-refractivity contribution < 1.29 is 14.0 Å². The van der Waals surface area contributed by atoms with Gasteiger partial charge in [-0.05, 0) is 11.6 Å². The van der Waals surface area contributed by atoms with Crippen molar-refractivity contribution in [3.63, 3.8) is 0 Å². The molecule has 0 aliphatic rings. The van der Waals surface area contributed by atoms with Gasteiger partial charge in [-0.2, -0.15) is 0 Å². The zero-order valence-corrected chi connectivity index (χ0v) is 8.87. The van der Waals surface area contributed by atoms with E-state index in [9.17, 15) is 14.0 Å². The molecule has 0 saturated heterocycles. The minimum atomic E-state index is -0.545. The highest BCUT2D eigenvalue weighted by Gasteiger charge is 2.03. The van der Waals surface area contributed by atoms with Crippen molar-refractivity contribution >= 4 is 18.3 Å². The molecule has 0 saturated carbocycles. The molecule has 0 bridgehead atoms. The Hall–Kier alpha value is -1.97. The van der Waals surface area contributed by atoms with Gasteiger partial charge in [0.15, 0.2) is 6.29 Å². The summed E-state index contributed by atoms with van der Waals surface area (Å²) in [4.78, 5) is 21.2. The summed E-state index contributed by atoms with van der Waals surface area (Å²) in [5, 5.41) is 2.56. The van der Waals surface area contributed by atoms with Gasteiger partial charge in [-0.15, -0.1) is 0 Å². The lowest BCUT2D eigenvalue weighted by molar-refractivity contribution is -0.118. The Morgan fingerprint density at radius 3 is 2.88 bits per heavy atom. The normalized spacial score (nSPS) is 10.4. The average molecular weight is 221 g/mol. The van der Waals surface area contributed by atoms with Crippen LogP contribution in [-0.2, 0) is 4.79 Å². The van der Waals surface area contributed by atoms with Crippen LogP contribution >= 0.6 is 0 Å². The van der Waals surface area contributed by atoms with E-state index in [1.807, 2.05) is 0 Å². The molecule has 16 heavy (non-hydrogen) atoms. The second-order valence-electron chi connectivity index (χ2n) is 3.20. The van der Waals surface area contributed by atoms with Crippen LogP contribution in [0.25, 0.3) is 6.08 Å². The summed E-state index contributed by atoms with van der Waals surface area (Å²) in [6.07, 6.45) is 3.74. The molecule has 0 radical (unpaired) electrons. The maximum atomic E-state index is 13.2. The van der Waals surface area contributed by atoms with E-state index in [-0.39, 0.29) is 11.5 Å². The van der Waals surface area contributed by atoms with Crippen LogP contribution in [0.15, 0.2) is 24.3 Å². The van der Waals surface area contributed by atoms with Crippen molar-refractivity contribution in [2.24, 2.45) is 0 Å². The molecule has 0 aromatic heterocycles. The van der Waals surface area contributed by atoms with Gasteiger partial charge in [0.05, 0.1) is 5.56 Å². The molecule has 0 unspecified atom stereocenters. The van der Waals surface area contributed by atoms with E-state index >= 15 is 0 Å². The van der Waals surface area contributed by atoms with Gasteiger partial charge < -0.3 is 5.32 Å².